The Kier molecular flexibility index (Phi) is 5.19. The molecule has 0 bridgehead atoms. The molecular weight excluding hydrogens is 386 g/mol. The molecule has 1 aliphatic rings. The molecule has 7 heteroatoms. The Balaban J connectivity index is 1.59. The van der Waals surface area contributed by atoms with Crippen LogP contribution in [0.15, 0.2) is 53.4 Å². The number of rotatable bonds is 5. The van der Waals surface area contributed by atoms with E-state index in [1.165, 1.54) is 0 Å². The van der Waals surface area contributed by atoms with Crippen molar-refractivity contribution in [3.63, 3.8) is 0 Å². The average Bonchev–Trinajstić information content (AvgIpc) is 3.04. The van der Waals surface area contributed by atoms with E-state index in [0.717, 1.165) is 33.8 Å². The average molecular weight is 412 g/mol. The van der Waals surface area contributed by atoms with Gasteiger partial charge in [-0.25, -0.2) is 8.42 Å². The van der Waals surface area contributed by atoms with Crippen LogP contribution in [0.4, 0.5) is 0 Å². The normalized spacial score (nSPS) is 14.6. The van der Waals surface area contributed by atoms with Crippen LogP contribution < -0.4 is 4.74 Å². The first-order chi connectivity index (χ1) is 13.9. The number of para-hydroxylation sites is 1. The van der Waals surface area contributed by atoms with Gasteiger partial charge in [0, 0.05) is 37.8 Å². The highest BCUT2D eigenvalue weighted by atomic mass is 32.2. The molecule has 0 aliphatic carbocycles. The second kappa shape index (κ2) is 7.65. The second-order valence-electron chi connectivity index (χ2n) is 7.43. The van der Waals surface area contributed by atoms with Crippen molar-refractivity contribution in [2.45, 2.75) is 38.3 Å². The van der Waals surface area contributed by atoms with Gasteiger partial charge in [0.05, 0.1) is 4.90 Å². The summed E-state index contributed by atoms with van der Waals surface area (Å²) in [4.78, 5) is 0.343. The minimum atomic E-state index is -3.56. The summed E-state index contributed by atoms with van der Waals surface area (Å²) < 4.78 is 35.7. The molecule has 1 aliphatic heterocycles. The molecule has 4 rings (SSSR count). The third-order valence-electron chi connectivity index (χ3n) is 5.53. The van der Waals surface area contributed by atoms with Gasteiger partial charge in [0.15, 0.2) is 0 Å². The molecule has 0 spiro atoms. The minimum absolute atomic E-state index is 0.310. The molecule has 0 radical (unpaired) electrons. The Hall–Kier alpha value is -2.64. The Labute approximate surface area is 171 Å². The first-order valence-corrected chi connectivity index (χ1v) is 11.1. The molecule has 152 valence electrons. The van der Waals surface area contributed by atoms with Crippen LogP contribution in [0.3, 0.4) is 0 Å². The van der Waals surface area contributed by atoms with Gasteiger partial charge in [-0.1, -0.05) is 24.3 Å². The van der Waals surface area contributed by atoms with Crippen LogP contribution in [-0.2, 0) is 36.6 Å². The van der Waals surface area contributed by atoms with Gasteiger partial charge in [0.25, 0.3) is 0 Å². The van der Waals surface area contributed by atoms with Crippen LogP contribution in [0.5, 0.6) is 5.75 Å². The van der Waals surface area contributed by atoms with Crippen molar-refractivity contribution in [2.75, 3.05) is 6.54 Å². The highest BCUT2D eigenvalue weighted by molar-refractivity contribution is 7.89. The minimum Gasteiger partial charge on any atom is -0.487 e. The number of aromatic nitrogens is 2. The summed E-state index contributed by atoms with van der Waals surface area (Å²) in [6.45, 7) is 4.98. The number of aryl methyl sites for hydroxylation is 3. The molecule has 0 amide bonds. The van der Waals surface area contributed by atoms with Gasteiger partial charge >= 0.3 is 0 Å². The monoisotopic (exact) mass is 411 g/mol. The highest BCUT2D eigenvalue weighted by Gasteiger charge is 2.32. The number of ether oxygens (including phenoxy) is 1. The lowest BCUT2D eigenvalue weighted by molar-refractivity contribution is 0.296. The van der Waals surface area contributed by atoms with Crippen molar-refractivity contribution in [1.82, 2.24) is 14.1 Å². The standard InChI is InChI=1S/C22H25N3O3S/c1-16-9-10-19(13-17(16)2)29(26,27)25-12-11-22-20(14-25)21(23-24(22)3)15-28-18-7-5-4-6-8-18/h4-10,13H,11-12,14-15H2,1-3H3. The number of sulfonamides is 1. The van der Waals surface area contributed by atoms with Crippen molar-refractivity contribution in [3.8, 4) is 5.75 Å². The lowest BCUT2D eigenvalue weighted by Gasteiger charge is -2.27. The predicted octanol–water partition coefficient (Wildman–Crippen LogP) is 3.36. The fraction of sp³-hybridized carbons (Fsp3) is 0.318. The van der Waals surface area contributed by atoms with E-state index in [1.807, 2.05) is 62.0 Å². The van der Waals surface area contributed by atoms with Gasteiger partial charge in [-0.05, 0) is 49.2 Å². The summed E-state index contributed by atoms with van der Waals surface area (Å²) in [5, 5.41) is 4.59. The molecule has 6 nitrogen and oxygen atoms in total. The largest absolute Gasteiger partial charge is 0.487 e. The molecule has 1 aromatic heterocycles. The Morgan fingerprint density at radius 2 is 1.83 bits per heavy atom. The number of benzene rings is 2. The topological polar surface area (TPSA) is 64.4 Å². The Bertz CT molecular complexity index is 1140. The van der Waals surface area contributed by atoms with Gasteiger partial charge in [-0.15, -0.1) is 0 Å². The maximum absolute atomic E-state index is 13.2. The first kappa shape index (κ1) is 19.7. The molecule has 3 aromatic rings. The molecule has 29 heavy (non-hydrogen) atoms. The SMILES string of the molecule is Cc1ccc(S(=O)(=O)N2CCc3c(c(COc4ccccc4)nn3C)C2)cc1C. The van der Waals surface area contributed by atoms with Crippen LogP contribution in [0.2, 0.25) is 0 Å². The van der Waals surface area contributed by atoms with Crippen LogP contribution in [0.25, 0.3) is 0 Å². The summed E-state index contributed by atoms with van der Waals surface area (Å²) in [7, 11) is -1.66. The molecule has 2 aromatic carbocycles. The molecule has 0 fully saturated rings. The maximum Gasteiger partial charge on any atom is 0.243 e. The summed E-state index contributed by atoms with van der Waals surface area (Å²) in [6, 6.07) is 14.9. The zero-order chi connectivity index (χ0) is 20.6. The smallest absolute Gasteiger partial charge is 0.243 e. The van der Waals surface area contributed by atoms with Crippen molar-refractivity contribution in [2.24, 2.45) is 7.05 Å². The van der Waals surface area contributed by atoms with Crippen LogP contribution in [-0.4, -0.2) is 29.0 Å². The number of hydrogen-bond acceptors (Lipinski definition) is 4. The van der Waals surface area contributed by atoms with E-state index < -0.39 is 10.0 Å². The Morgan fingerprint density at radius 3 is 2.55 bits per heavy atom. The molecule has 0 atom stereocenters. The van der Waals surface area contributed by atoms with Crippen LogP contribution >= 0.6 is 0 Å². The third-order valence-corrected chi connectivity index (χ3v) is 7.37. The lowest BCUT2D eigenvalue weighted by atomic mass is 10.1. The van der Waals surface area contributed by atoms with Crippen molar-refractivity contribution < 1.29 is 13.2 Å². The van der Waals surface area contributed by atoms with E-state index in [0.29, 0.717) is 31.0 Å². The number of hydrogen-bond donors (Lipinski definition) is 0. The van der Waals surface area contributed by atoms with Gasteiger partial charge < -0.3 is 4.74 Å². The molecule has 0 unspecified atom stereocenters. The summed E-state index contributed by atoms with van der Waals surface area (Å²) in [5.41, 5.74) is 4.86. The van der Waals surface area contributed by atoms with E-state index in [2.05, 4.69) is 5.10 Å². The quantitative estimate of drug-likeness (QED) is 0.646. The van der Waals surface area contributed by atoms with Crippen LogP contribution in [0.1, 0.15) is 28.1 Å². The van der Waals surface area contributed by atoms with E-state index in [-0.39, 0.29) is 0 Å². The van der Waals surface area contributed by atoms with Gasteiger partial charge in [0.2, 0.25) is 10.0 Å². The van der Waals surface area contributed by atoms with Crippen LogP contribution in [0, 0.1) is 13.8 Å². The zero-order valence-electron chi connectivity index (χ0n) is 16.9. The van der Waals surface area contributed by atoms with E-state index >= 15 is 0 Å². The molecular formula is C22H25N3O3S. The summed E-state index contributed by atoms with van der Waals surface area (Å²) >= 11 is 0. The molecule has 0 saturated heterocycles. The van der Waals surface area contributed by atoms with Crippen molar-refractivity contribution in [3.05, 3.63) is 76.6 Å². The highest BCUT2D eigenvalue weighted by Crippen LogP contribution is 2.28. The van der Waals surface area contributed by atoms with E-state index in [4.69, 9.17) is 4.74 Å². The molecule has 0 N–H and O–H groups in total. The predicted molar refractivity (Wildman–Crippen MR) is 111 cm³/mol. The first-order valence-electron chi connectivity index (χ1n) is 9.65. The second-order valence-corrected chi connectivity index (χ2v) is 9.37. The van der Waals surface area contributed by atoms with E-state index in [9.17, 15) is 8.42 Å². The fourth-order valence-electron chi connectivity index (χ4n) is 3.66. The van der Waals surface area contributed by atoms with Gasteiger partial charge in [0.1, 0.15) is 18.1 Å². The zero-order valence-corrected chi connectivity index (χ0v) is 17.7. The maximum atomic E-state index is 13.2. The fourth-order valence-corrected chi connectivity index (χ4v) is 5.15. The van der Waals surface area contributed by atoms with Crippen molar-refractivity contribution in [1.29, 1.82) is 0 Å². The summed E-state index contributed by atoms with van der Waals surface area (Å²) in [6.07, 6.45) is 0.633. The van der Waals surface area contributed by atoms with E-state index in [1.54, 1.807) is 16.4 Å². The molecule has 0 saturated carbocycles. The van der Waals surface area contributed by atoms with Gasteiger partial charge in [-0.2, -0.15) is 9.40 Å². The van der Waals surface area contributed by atoms with Crippen molar-refractivity contribution >= 4 is 10.0 Å². The number of fused-ring (bicyclic) bond motifs is 1. The molecule has 2 heterocycles. The number of nitrogens with zero attached hydrogens (tertiary/aromatic N) is 3. The summed E-state index contributed by atoms with van der Waals surface area (Å²) in [5.74, 6) is 0.766. The third kappa shape index (κ3) is 3.80. The Morgan fingerprint density at radius 1 is 1.07 bits per heavy atom. The van der Waals surface area contributed by atoms with Gasteiger partial charge in [-0.3, -0.25) is 4.68 Å². The lowest BCUT2D eigenvalue weighted by Crippen LogP contribution is -2.36.